The molecule has 2 heterocycles. The Morgan fingerprint density at radius 2 is 1.86 bits per heavy atom. The van der Waals surface area contributed by atoms with Crippen molar-refractivity contribution in [1.82, 2.24) is 15.1 Å². The van der Waals surface area contributed by atoms with E-state index in [9.17, 15) is 14.4 Å². The number of carbonyl (C=O) groups is 3. The first kappa shape index (κ1) is 19.5. The molecule has 1 N–H and O–H groups in total. The van der Waals surface area contributed by atoms with Gasteiger partial charge in [-0.1, -0.05) is 42.5 Å². The van der Waals surface area contributed by atoms with Gasteiger partial charge in [0.05, 0.1) is 11.9 Å². The molecule has 2 aromatic rings. The van der Waals surface area contributed by atoms with Gasteiger partial charge in [0.2, 0.25) is 11.8 Å². The van der Waals surface area contributed by atoms with Crippen LogP contribution in [0.15, 0.2) is 54.6 Å². The van der Waals surface area contributed by atoms with Gasteiger partial charge in [0.15, 0.2) is 0 Å². The van der Waals surface area contributed by atoms with Gasteiger partial charge in [-0.25, -0.2) is 0 Å². The molecule has 2 saturated heterocycles. The van der Waals surface area contributed by atoms with E-state index in [1.54, 1.807) is 33.7 Å². The molecule has 29 heavy (non-hydrogen) atoms. The second kappa shape index (κ2) is 8.29. The maximum atomic E-state index is 12.6. The molecule has 2 aliphatic rings. The molecule has 150 valence electrons. The molecule has 2 aliphatic heterocycles. The van der Waals surface area contributed by atoms with Crippen LogP contribution in [0, 0.1) is 0 Å². The lowest BCUT2D eigenvalue weighted by Crippen LogP contribution is -2.57. The van der Waals surface area contributed by atoms with Crippen molar-refractivity contribution in [2.75, 3.05) is 18.2 Å². The average molecular weight is 410 g/mol. The predicted octanol–water partition coefficient (Wildman–Crippen LogP) is 2.42. The molecule has 2 aromatic carbocycles. The van der Waals surface area contributed by atoms with Gasteiger partial charge in [-0.2, -0.15) is 0 Å². The standard InChI is InChI=1S/C22H23N3O3S/c1-15(17-5-3-2-4-6-17)23-21(27)18-9-7-16(8-10-18)11-24-12-20(26)25-14-29-13-19(25)22(24)28/h2-10,15,19H,11-14H2,1H3,(H,23,27)/t15-,19-/m0/s1. The summed E-state index contributed by atoms with van der Waals surface area (Å²) in [5, 5.41) is 3.00. The van der Waals surface area contributed by atoms with Crippen LogP contribution in [-0.4, -0.2) is 51.7 Å². The van der Waals surface area contributed by atoms with E-state index in [1.807, 2.05) is 49.4 Å². The lowest BCUT2D eigenvalue weighted by molar-refractivity contribution is -0.153. The SMILES string of the molecule is C[C@H](NC(=O)c1ccc(CN2CC(=O)N3CSC[C@H]3C2=O)cc1)c1ccccc1. The lowest BCUT2D eigenvalue weighted by Gasteiger charge is -2.35. The molecular formula is C22H23N3O3S. The summed E-state index contributed by atoms with van der Waals surface area (Å²) in [5.41, 5.74) is 2.51. The fraction of sp³-hybridized carbons (Fsp3) is 0.318. The molecule has 4 rings (SSSR count). The molecule has 0 aliphatic carbocycles. The van der Waals surface area contributed by atoms with E-state index in [0.29, 0.717) is 23.7 Å². The Hall–Kier alpha value is -2.80. The predicted molar refractivity (Wildman–Crippen MR) is 112 cm³/mol. The first-order valence-corrected chi connectivity index (χ1v) is 10.8. The van der Waals surface area contributed by atoms with Gasteiger partial charge >= 0.3 is 0 Å². The number of amides is 3. The number of nitrogens with zero attached hydrogens (tertiary/aromatic N) is 2. The minimum atomic E-state index is -0.328. The summed E-state index contributed by atoms with van der Waals surface area (Å²) in [6.45, 7) is 2.44. The molecule has 2 atom stereocenters. The summed E-state index contributed by atoms with van der Waals surface area (Å²) >= 11 is 1.62. The van der Waals surface area contributed by atoms with Crippen LogP contribution in [-0.2, 0) is 16.1 Å². The maximum Gasteiger partial charge on any atom is 0.251 e. The third-order valence-electron chi connectivity index (χ3n) is 5.36. The fourth-order valence-corrected chi connectivity index (χ4v) is 4.83. The zero-order chi connectivity index (χ0) is 20.4. The summed E-state index contributed by atoms with van der Waals surface area (Å²) in [4.78, 5) is 40.7. The monoisotopic (exact) mass is 409 g/mol. The molecule has 6 nitrogen and oxygen atoms in total. The number of hydrogen-bond donors (Lipinski definition) is 1. The Bertz CT molecular complexity index is 917. The van der Waals surface area contributed by atoms with Crippen molar-refractivity contribution in [2.24, 2.45) is 0 Å². The Labute approximate surface area is 174 Å². The number of fused-ring (bicyclic) bond motifs is 1. The number of piperazine rings is 1. The summed E-state index contributed by atoms with van der Waals surface area (Å²) in [5.74, 6) is 1.14. The van der Waals surface area contributed by atoms with Crippen molar-refractivity contribution in [2.45, 2.75) is 25.6 Å². The van der Waals surface area contributed by atoms with E-state index in [2.05, 4.69) is 5.32 Å². The van der Waals surface area contributed by atoms with Crippen molar-refractivity contribution >= 4 is 29.5 Å². The molecule has 7 heteroatoms. The number of thioether (sulfide) groups is 1. The number of nitrogens with one attached hydrogen (secondary N) is 1. The Balaban J connectivity index is 1.38. The van der Waals surface area contributed by atoms with Gasteiger partial charge in [0.25, 0.3) is 5.91 Å². The first-order valence-electron chi connectivity index (χ1n) is 9.63. The van der Waals surface area contributed by atoms with Gasteiger partial charge in [-0.05, 0) is 30.2 Å². The van der Waals surface area contributed by atoms with Crippen LogP contribution in [0.3, 0.4) is 0 Å². The molecule has 3 amide bonds. The molecule has 0 bridgehead atoms. The van der Waals surface area contributed by atoms with Crippen LogP contribution in [0.5, 0.6) is 0 Å². The van der Waals surface area contributed by atoms with Crippen LogP contribution in [0.2, 0.25) is 0 Å². The quantitative estimate of drug-likeness (QED) is 0.824. The van der Waals surface area contributed by atoms with Crippen molar-refractivity contribution < 1.29 is 14.4 Å². The van der Waals surface area contributed by atoms with Gasteiger partial charge in [-0.3, -0.25) is 14.4 Å². The van der Waals surface area contributed by atoms with E-state index in [0.717, 1.165) is 11.1 Å². The van der Waals surface area contributed by atoms with Crippen molar-refractivity contribution in [3.63, 3.8) is 0 Å². The number of benzene rings is 2. The van der Waals surface area contributed by atoms with Gasteiger partial charge in [0.1, 0.15) is 12.6 Å². The molecule has 0 radical (unpaired) electrons. The average Bonchev–Trinajstić information content (AvgIpc) is 3.24. The normalized spacial score (nSPS) is 19.8. The highest BCUT2D eigenvalue weighted by atomic mass is 32.2. The van der Waals surface area contributed by atoms with Crippen molar-refractivity contribution in [3.05, 3.63) is 71.3 Å². The van der Waals surface area contributed by atoms with Crippen LogP contribution >= 0.6 is 11.8 Å². The Morgan fingerprint density at radius 1 is 1.14 bits per heavy atom. The van der Waals surface area contributed by atoms with E-state index >= 15 is 0 Å². The minimum Gasteiger partial charge on any atom is -0.346 e. The second-order valence-electron chi connectivity index (χ2n) is 7.38. The zero-order valence-electron chi connectivity index (χ0n) is 16.2. The summed E-state index contributed by atoms with van der Waals surface area (Å²) < 4.78 is 0. The smallest absolute Gasteiger partial charge is 0.251 e. The third kappa shape index (κ3) is 4.15. The molecular weight excluding hydrogens is 386 g/mol. The topological polar surface area (TPSA) is 69.7 Å². The molecule has 0 aromatic heterocycles. The third-order valence-corrected chi connectivity index (χ3v) is 6.37. The van der Waals surface area contributed by atoms with Crippen LogP contribution in [0.4, 0.5) is 0 Å². The van der Waals surface area contributed by atoms with Crippen LogP contribution in [0.1, 0.15) is 34.5 Å². The van der Waals surface area contributed by atoms with E-state index < -0.39 is 0 Å². The summed E-state index contributed by atoms with van der Waals surface area (Å²) in [6.07, 6.45) is 0. The van der Waals surface area contributed by atoms with Gasteiger partial charge < -0.3 is 15.1 Å². The van der Waals surface area contributed by atoms with Gasteiger partial charge in [0, 0.05) is 17.9 Å². The minimum absolute atomic E-state index is 0.00509. The maximum absolute atomic E-state index is 12.6. The Morgan fingerprint density at radius 3 is 2.59 bits per heavy atom. The summed E-state index contributed by atoms with van der Waals surface area (Å²) in [7, 11) is 0. The van der Waals surface area contributed by atoms with Crippen molar-refractivity contribution in [1.29, 1.82) is 0 Å². The van der Waals surface area contributed by atoms with E-state index in [-0.39, 0.29) is 36.3 Å². The number of carbonyl (C=O) groups excluding carboxylic acids is 3. The van der Waals surface area contributed by atoms with Crippen molar-refractivity contribution in [3.8, 4) is 0 Å². The Kier molecular flexibility index (Phi) is 5.58. The lowest BCUT2D eigenvalue weighted by atomic mass is 10.1. The largest absolute Gasteiger partial charge is 0.346 e. The molecule has 0 saturated carbocycles. The van der Waals surface area contributed by atoms with Crippen LogP contribution in [0.25, 0.3) is 0 Å². The molecule has 0 unspecified atom stereocenters. The van der Waals surface area contributed by atoms with E-state index in [4.69, 9.17) is 0 Å². The van der Waals surface area contributed by atoms with Crippen LogP contribution < -0.4 is 5.32 Å². The van der Waals surface area contributed by atoms with E-state index in [1.165, 1.54) is 0 Å². The zero-order valence-corrected chi connectivity index (χ0v) is 17.0. The van der Waals surface area contributed by atoms with Gasteiger partial charge in [-0.15, -0.1) is 11.8 Å². The number of rotatable bonds is 5. The highest BCUT2D eigenvalue weighted by Gasteiger charge is 2.42. The first-order chi connectivity index (χ1) is 14.0. The molecule has 0 spiro atoms. The highest BCUT2D eigenvalue weighted by Crippen LogP contribution is 2.26. The highest BCUT2D eigenvalue weighted by molar-refractivity contribution is 7.99. The summed E-state index contributed by atoms with van der Waals surface area (Å²) in [6, 6.07) is 16.6. The fourth-order valence-electron chi connectivity index (χ4n) is 3.66. The molecule has 2 fully saturated rings. The number of hydrogen-bond acceptors (Lipinski definition) is 4. The second-order valence-corrected chi connectivity index (χ2v) is 8.38.